The predicted molar refractivity (Wildman–Crippen MR) is 72.8 cm³/mol. The summed E-state index contributed by atoms with van der Waals surface area (Å²) in [5.41, 5.74) is 0.0465. The number of hydrogen-bond acceptors (Lipinski definition) is 5. The zero-order valence-electron chi connectivity index (χ0n) is 10.6. The summed E-state index contributed by atoms with van der Waals surface area (Å²) in [7, 11) is -2.98. The van der Waals surface area contributed by atoms with E-state index in [9.17, 15) is 22.0 Å². The largest absolute Gasteiger partial charge is 0.465 e. The Kier molecular flexibility index (Phi) is 4.24. The molecule has 21 heavy (non-hydrogen) atoms. The number of hydrogen-bond donors (Lipinski definition) is 1. The van der Waals surface area contributed by atoms with Crippen LogP contribution in [0.25, 0.3) is 0 Å². The maximum Gasteiger partial charge on any atom is 0.340 e. The topological polar surface area (TPSA) is 72.5 Å². The van der Waals surface area contributed by atoms with Gasteiger partial charge in [0.05, 0.1) is 23.3 Å². The smallest absolute Gasteiger partial charge is 0.340 e. The van der Waals surface area contributed by atoms with E-state index in [1.807, 2.05) is 0 Å². The highest BCUT2D eigenvalue weighted by atomic mass is 32.2. The maximum atomic E-state index is 13.1. The van der Waals surface area contributed by atoms with E-state index < -0.39 is 32.5 Å². The van der Waals surface area contributed by atoms with Crippen molar-refractivity contribution in [2.45, 2.75) is 4.90 Å². The van der Waals surface area contributed by atoms with Gasteiger partial charge < -0.3 is 4.74 Å². The fourth-order valence-electron chi connectivity index (χ4n) is 1.49. The Morgan fingerprint density at radius 2 is 1.95 bits per heavy atom. The van der Waals surface area contributed by atoms with E-state index in [-0.39, 0.29) is 11.3 Å². The molecule has 0 saturated carbocycles. The Labute approximate surface area is 123 Å². The molecule has 1 heterocycles. The third kappa shape index (κ3) is 3.19. The number of carbonyl (C=O) groups excluding carboxylic acids is 1. The van der Waals surface area contributed by atoms with Crippen LogP contribution in [0.1, 0.15) is 10.4 Å². The second-order valence-corrected chi connectivity index (χ2v) is 6.30. The number of esters is 1. The minimum Gasteiger partial charge on any atom is -0.465 e. The van der Waals surface area contributed by atoms with E-state index in [4.69, 9.17) is 0 Å². The lowest BCUT2D eigenvalue weighted by molar-refractivity contribution is 0.0602. The van der Waals surface area contributed by atoms with Gasteiger partial charge in [-0.2, -0.15) is 0 Å². The third-order valence-electron chi connectivity index (χ3n) is 2.51. The number of methoxy groups -OCH3 is 1. The summed E-state index contributed by atoms with van der Waals surface area (Å²) in [6.45, 7) is 0. The van der Waals surface area contributed by atoms with Crippen molar-refractivity contribution in [3.05, 3.63) is 46.2 Å². The molecule has 5 nitrogen and oxygen atoms in total. The zero-order valence-corrected chi connectivity index (χ0v) is 12.2. The van der Waals surface area contributed by atoms with Crippen LogP contribution in [0.5, 0.6) is 0 Å². The molecule has 1 aromatic carbocycles. The summed E-state index contributed by atoms with van der Waals surface area (Å²) in [5, 5.41) is 2.80. The van der Waals surface area contributed by atoms with Crippen LogP contribution in [0.4, 0.5) is 14.5 Å². The number of thiophene rings is 1. The lowest BCUT2D eigenvalue weighted by atomic mass is 10.3. The fourth-order valence-corrected chi connectivity index (χ4v) is 3.40. The van der Waals surface area contributed by atoms with Gasteiger partial charge in [0.25, 0.3) is 10.0 Å². The molecule has 0 radical (unpaired) electrons. The molecule has 9 heteroatoms. The molecular formula is C12H9F2NO4S2. The first-order valence-corrected chi connectivity index (χ1v) is 7.90. The van der Waals surface area contributed by atoms with Crippen LogP contribution in [0.2, 0.25) is 0 Å². The molecule has 1 aromatic heterocycles. The number of benzene rings is 1. The van der Waals surface area contributed by atoms with Crippen LogP contribution in [-0.2, 0) is 14.8 Å². The number of halogens is 2. The molecule has 2 aromatic rings. The molecule has 0 saturated heterocycles. The Morgan fingerprint density at radius 3 is 2.57 bits per heavy atom. The molecular weight excluding hydrogens is 324 g/mol. The Balaban J connectivity index is 2.36. The van der Waals surface area contributed by atoms with Crippen molar-refractivity contribution in [2.75, 3.05) is 11.8 Å². The van der Waals surface area contributed by atoms with Gasteiger partial charge in [-0.05, 0) is 18.2 Å². The average molecular weight is 333 g/mol. The van der Waals surface area contributed by atoms with Crippen molar-refractivity contribution in [2.24, 2.45) is 0 Å². The first kappa shape index (κ1) is 15.4. The molecule has 112 valence electrons. The van der Waals surface area contributed by atoms with Gasteiger partial charge in [-0.1, -0.05) is 0 Å². The molecule has 0 fully saturated rings. The molecule has 0 spiro atoms. The van der Waals surface area contributed by atoms with Crippen LogP contribution in [0.15, 0.2) is 33.9 Å². The quantitative estimate of drug-likeness (QED) is 0.873. The highest BCUT2D eigenvalue weighted by molar-refractivity contribution is 7.92. The van der Waals surface area contributed by atoms with Gasteiger partial charge in [-0.3, -0.25) is 4.72 Å². The van der Waals surface area contributed by atoms with Crippen LogP contribution < -0.4 is 4.72 Å². The molecule has 0 amide bonds. The molecule has 0 bridgehead atoms. The van der Waals surface area contributed by atoms with Crippen LogP contribution in [0, 0.1) is 11.6 Å². The van der Waals surface area contributed by atoms with E-state index in [2.05, 4.69) is 9.46 Å². The predicted octanol–water partition coefficient (Wildman–Crippen LogP) is 2.61. The summed E-state index contributed by atoms with van der Waals surface area (Å²) in [4.78, 5) is 11.0. The van der Waals surface area contributed by atoms with Gasteiger partial charge in [-0.25, -0.2) is 22.0 Å². The van der Waals surface area contributed by atoms with Gasteiger partial charge in [0.15, 0.2) is 11.6 Å². The van der Waals surface area contributed by atoms with Crippen molar-refractivity contribution < 1.29 is 26.7 Å². The van der Waals surface area contributed by atoms with Crippen molar-refractivity contribution in [3.8, 4) is 0 Å². The Hall–Kier alpha value is -2.00. The first-order chi connectivity index (χ1) is 9.85. The van der Waals surface area contributed by atoms with Gasteiger partial charge in [0, 0.05) is 10.8 Å². The summed E-state index contributed by atoms with van der Waals surface area (Å²) < 4.78 is 56.7. The van der Waals surface area contributed by atoms with Gasteiger partial charge >= 0.3 is 5.97 Å². The van der Waals surface area contributed by atoms with Crippen LogP contribution >= 0.6 is 11.3 Å². The second kappa shape index (κ2) is 5.78. The Bertz CT molecular complexity index is 786. The lowest BCUT2D eigenvalue weighted by Crippen LogP contribution is -2.15. The average Bonchev–Trinajstić information content (AvgIpc) is 2.88. The van der Waals surface area contributed by atoms with E-state index in [1.54, 1.807) is 0 Å². The minimum absolute atomic E-state index is 0.0107. The van der Waals surface area contributed by atoms with E-state index in [0.29, 0.717) is 12.1 Å². The highest BCUT2D eigenvalue weighted by Gasteiger charge is 2.21. The number of rotatable bonds is 4. The van der Waals surface area contributed by atoms with Crippen molar-refractivity contribution in [1.82, 2.24) is 0 Å². The molecule has 0 atom stereocenters. The Morgan fingerprint density at radius 1 is 1.24 bits per heavy atom. The fraction of sp³-hybridized carbons (Fsp3) is 0.0833. The molecule has 0 aliphatic rings. The maximum absolute atomic E-state index is 13.1. The van der Waals surface area contributed by atoms with Gasteiger partial charge in [0.1, 0.15) is 0 Å². The highest BCUT2D eigenvalue weighted by Crippen LogP contribution is 2.25. The number of nitrogens with one attached hydrogen (secondary N) is 1. The summed E-state index contributed by atoms with van der Waals surface area (Å²) in [6.07, 6.45) is 0. The van der Waals surface area contributed by atoms with Crippen LogP contribution in [0.3, 0.4) is 0 Å². The second-order valence-electron chi connectivity index (χ2n) is 3.87. The summed E-state index contributed by atoms with van der Waals surface area (Å²) in [6, 6.07) is 2.19. The molecule has 2 rings (SSSR count). The van der Waals surface area contributed by atoms with Crippen molar-refractivity contribution in [3.63, 3.8) is 0 Å². The van der Waals surface area contributed by atoms with E-state index in [0.717, 1.165) is 24.5 Å². The first-order valence-electron chi connectivity index (χ1n) is 5.47. The SMILES string of the molecule is COC(=O)c1cscc1NS(=O)(=O)c1ccc(F)c(F)c1. The monoisotopic (exact) mass is 333 g/mol. The van der Waals surface area contributed by atoms with Crippen LogP contribution in [-0.4, -0.2) is 21.5 Å². The van der Waals surface area contributed by atoms with Crippen molar-refractivity contribution >= 4 is 33.0 Å². The van der Waals surface area contributed by atoms with Gasteiger partial charge in [-0.15, -0.1) is 11.3 Å². The zero-order chi connectivity index (χ0) is 15.6. The normalized spacial score (nSPS) is 11.2. The van der Waals surface area contributed by atoms with E-state index >= 15 is 0 Å². The standard InChI is InChI=1S/C12H9F2NO4S2/c1-19-12(16)8-5-20-6-11(8)15-21(17,18)7-2-3-9(13)10(14)4-7/h2-6,15H,1H3. The van der Waals surface area contributed by atoms with Crippen molar-refractivity contribution in [1.29, 1.82) is 0 Å². The van der Waals surface area contributed by atoms with Gasteiger partial charge in [0.2, 0.25) is 0 Å². The molecule has 0 aliphatic heterocycles. The number of carbonyl (C=O) groups is 1. The lowest BCUT2D eigenvalue weighted by Gasteiger charge is -2.08. The number of ether oxygens (including phenoxy) is 1. The molecule has 0 unspecified atom stereocenters. The molecule has 1 N–H and O–H groups in total. The molecule has 0 aliphatic carbocycles. The number of sulfonamides is 1. The van der Waals surface area contributed by atoms with E-state index in [1.165, 1.54) is 10.8 Å². The summed E-state index contributed by atoms with van der Waals surface area (Å²) >= 11 is 1.09. The number of anilines is 1. The minimum atomic E-state index is -4.14. The summed E-state index contributed by atoms with van der Waals surface area (Å²) in [5.74, 6) is -3.14. The third-order valence-corrected chi connectivity index (χ3v) is 4.62.